The van der Waals surface area contributed by atoms with Gasteiger partial charge in [0.05, 0.1) is 0 Å². The Morgan fingerprint density at radius 3 is 2.50 bits per heavy atom. The molecule has 1 N–H and O–H groups in total. The molecule has 0 bridgehead atoms. The fourth-order valence-corrected chi connectivity index (χ4v) is 1.11. The van der Waals surface area contributed by atoms with Crippen LogP contribution in [0.3, 0.4) is 0 Å². The largest absolute Gasteiger partial charge is 0.341 e. The first-order valence-corrected chi connectivity index (χ1v) is 4.79. The van der Waals surface area contributed by atoms with E-state index in [-0.39, 0.29) is 0 Å². The molecule has 0 saturated carbocycles. The molecule has 4 nitrogen and oxygen atoms in total. The number of benzene rings is 1. The first-order chi connectivity index (χ1) is 7.59. The number of carbonyl (C=O) groups is 2. The molecule has 1 rings (SSSR count). The second kappa shape index (κ2) is 5.70. The van der Waals surface area contributed by atoms with Gasteiger partial charge < -0.3 is 4.84 Å². The smallest absolute Gasteiger partial charge is 0.329 e. The molecule has 16 heavy (non-hydrogen) atoms. The van der Waals surface area contributed by atoms with E-state index in [0.717, 1.165) is 5.56 Å². The highest BCUT2D eigenvalue weighted by Crippen LogP contribution is 2.05. The summed E-state index contributed by atoms with van der Waals surface area (Å²) in [5, 5.41) is 0. The monoisotopic (exact) mass is 219 g/mol. The van der Waals surface area contributed by atoms with E-state index in [1.54, 1.807) is 0 Å². The molecule has 0 aliphatic heterocycles. The van der Waals surface area contributed by atoms with Crippen LogP contribution in [0.5, 0.6) is 0 Å². The number of hydrogen-bond donors (Lipinski definition) is 1. The number of nitrogens with one attached hydrogen (secondary N) is 1. The third kappa shape index (κ3) is 3.96. The van der Waals surface area contributed by atoms with Crippen LogP contribution < -0.4 is 5.48 Å². The van der Waals surface area contributed by atoms with E-state index < -0.39 is 11.9 Å². The van der Waals surface area contributed by atoms with Crippen LogP contribution in [-0.4, -0.2) is 11.9 Å². The van der Waals surface area contributed by atoms with Crippen molar-refractivity contribution in [3.05, 3.63) is 48.0 Å². The van der Waals surface area contributed by atoms with Gasteiger partial charge in [0.1, 0.15) is 0 Å². The van der Waals surface area contributed by atoms with Crippen LogP contribution in [-0.2, 0) is 20.8 Å². The molecule has 0 saturated heterocycles. The molecule has 1 aromatic rings. The lowest BCUT2D eigenvalue weighted by Gasteiger charge is -2.06. The summed E-state index contributed by atoms with van der Waals surface area (Å²) in [5.74, 6) is -1.06. The molecule has 0 aromatic heterocycles. The number of amides is 1. The Kier molecular flexibility index (Phi) is 4.27. The van der Waals surface area contributed by atoms with E-state index in [1.165, 1.54) is 6.92 Å². The second-order valence-electron chi connectivity index (χ2n) is 3.29. The first-order valence-electron chi connectivity index (χ1n) is 4.79. The summed E-state index contributed by atoms with van der Waals surface area (Å²) in [6.07, 6.45) is 0.425. The van der Waals surface area contributed by atoms with Gasteiger partial charge in [0, 0.05) is 18.9 Å². The Bertz CT molecular complexity index is 398. The Morgan fingerprint density at radius 2 is 1.94 bits per heavy atom. The van der Waals surface area contributed by atoms with Crippen LogP contribution in [0.2, 0.25) is 0 Å². The zero-order chi connectivity index (χ0) is 12.0. The van der Waals surface area contributed by atoms with Crippen LogP contribution in [0.4, 0.5) is 0 Å². The highest BCUT2D eigenvalue weighted by Gasteiger charge is 2.08. The zero-order valence-electron chi connectivity index (χ0n) is 9.03. The van der Waals surface area contributed by atoms with Crippen LogP contribution in [0.15, 0.2) is 42.5 Å². The number of hydroxylamine groups is 1. The van der Waals surface area contributed by atoms with Gasteiger partial charge in [0.2, 0.25) is 0 Å². The van der Waals surface area contributed by atoms with Gasteiger partial charge in [-0.3, -0.25) is 9.59 Å². The van der Waals surface area contributed by atoms with Crippen LogP contribution in [0, 0.1) is 0 Å². The minimum absolute atomic E-state index is 0.340. The van der Waals surface area contributed by atoms with Crippen molar-refractivity contribution in [2.75, 3.05) is 0 Å². The van der Waals surface area contributed by atoms with Crippen LogP contribution >= 0.6 is 0 Å². The number of carbonyl (C=O) groups excluding carboxylic acids is 2. The van der Waals surface area contributed by atoms with Crippen LogP contribution in [0.25, 0.3) is 0 Å². The molecule has 1 amide bonds. The predicted molar refractivity (Wildman–Crippen MR) is 59.2 cm³/mol. The fourth-order valence-electron chi connectivity index (χ4n) is 1.11. The SMILES string of the molecule is C=C(Cc1ccccc1)C(=O)NOC(C)=O. The predicted octanol–water partition coefficient (Wildman–Crippen LogP) is 1.38. The molecular formula is C12H13NO3. The van der Waals surface area contributed by atoms with E-state index >= 15 is 0 Å². The Morgan fingerprint density at radius 1 is 1.31 bits per heavy atom. The van der Waals surface area contributed by atoms with E-state index in [0.29, 0.717) is 12.0 Å². The minimum Gasteiger partial charge on any atom is -0.341 e. The lowest BCUT2D eigenvalue weighted by atomic mass is 10.1. The van der Waals surface area contributed by atoms with E-state index in [9.17, 15) is 9.59 Å². The lowest BCUT2D eigenvalue weighted by Crippen LogP contribution is -2.27. The normalized spacial score (nSPS) is 9.31. The Balaban J connectivity index is 2.46. The molecule has 0 aliphatic rings. The average molecular weight is 219 g/mol. The molecule has 0 fully saturated rings. The van der Waals surface area contributed by atoms with Gasteiger partial charge >= 0.3 is 5.97 Å². The van der Waals surface area contributed by atoms with Crippen molar-refractivity contribution in [2.45, 2.75) is 13.3 Å². The molecule has 0 spiro atoms. The summed E-state index contributed by atoms with van der Waals surface area (Å²) in [5.41, 5.74) is 3.33. The van der Waals surface area contributed by atoms with Crippen molar-refractivity contribution in [1.82, 2.24) is 5.48 Å². The van der Waals surface area contributed by atoms with Crippen molar-refractivity contribution >= 4 is 11.9 Å². The summed E-state index contributed by atoms with van der Waals surface area (Å²) >= 11 is 0. The van der Waals surface area contributed by atoms with Crippen molar-refractivity contribution < 1.29 is 14.4 Å². The Labute approximate surface area is 93.9 Å². The number of rotatable bonds is 3. The first kappa shape index (κ1) is 12.0. The van der Waals surface area contributed by atoms with Gasteiger partial charge in [-0.15, -0.1) is 0 Å². The van der Waals surface area contributed by atoms with E-state index in [2.05, 4.69) is 11.4 Å². The molecule has 0 atom stereocenters. The highest BCUT2D eigenvalue weighted by atomic mass is 16.7. The molecule has 0 heterocycles. The molecule has 0 aliphatic carbocycles. The minimum atomic E-state index is -0.569. The summed E-state index contributed by atoms with van der Waals surface area (Å²) in [7, 11) is 0. The van der Waals surface area contributed by atoms with Crippen molar-refractivity contribution in [2.24, 2.45) is 0 Å². The second-order valence-corrected chi connectivity index (χ2v) is 3.29. The van der Waals surface area contributed by atoms with Gasteiger partial charge in [-0.1, -0.05) is 36.9 Å². The lowest BCUT2D eigenvalue weighted by molar-refractivity contribution is -0.154. The van der Waals surface area contributed by atoms with Gasteiger partial charge in [0.15, 0.2) is 0 Å². The van der Waals surface area contributed by atoms with Gasteiger partial charge in [-0.25, -0.2) is 0 Å². The number of hydrogen-bond acceptors (Lipinski definition) is 3. The van der Waals surface area contributed by atoms with E-state index in [4.69, 9.17) is 0 Å². The maximum absolute atomic E-state index is 11.4. The quantitative estimate of drug-likeness (QED) is 0.617. The molecule has 0 unspecified atom stereocenters. The van der Waals surface area contributed by atoms with Gasteiger partial charge in [-0.05, 0) is 5.56 Å². The molecule has 0 radical (unpaired) electrons. The van der Waals surface area contributed by atoms with E-state index in [1.807, 2.05) is 35.8 Å². The van der Waals surface area contributed by atoms with Crippen molar-refractivity contribution in [1.29, 1.82) is 0 Å². The summed E-state index contributed by atoms with van der Waals surface area (Å²) < 4.78 is 0. The van der Waals surface area contributed by atoms with Crippen LogP contribution in [0.1, 0.15) is 12.5 Å². The van der Waals surface area contributed by atoms with Crippen molar-refractivity contribution in [3.63, 3.8) is 0 Å². The van der Waals surface area contributed by atoms with Crippen molar-refractivity contribution in [3.8, 4) is 0 Å². The summed E-state index contributed by atoms with van der Waals surface area (Å²) in [6, 6.07) is 9.44. The topological polar surface area (TPSA) is 55.4 Å². The molecule has 4 heteroatoms. The zero-order valence-corrected chi connectivity index (χ0v) is 9.03. The molecule has 84 valence electrons. The third-order valence-corrected chi connectivity index (χ3v) is 1.87. The maximum Gasteiger partial charge on any atom is 0.329 e. The molecular weight excluding hydrogens is 206 g/mol. The maximum atomic E-state index is 11.4. The average Bonchev–Trinajstić information content (AvgIpc) is 2.27. The standard InChI is InChI=1S/C12H13NO3/c1-9(12(15)13-16-10(2)14)8-11-6-4-3-5-7-11/h3-7H,1,8H2,2H3,(H,13,15). The highest BCUT2D eigenvalue weighted by molar-refractivity contribution is 5.93. The van der Waals surface area contributed by atoms with Gasteiger partial charge in [-0.2, -0.15) is 5.48 Å². The van der Waals surface area contributed by atoms with Gasteiger partial charge in [0.25, 0.3) is 5.91 Å². The fraction of sp³-hybridized carbons (Fsp3) is 0.167. The molecule has 1 aromatic carbocycles. The summed E-state index contributed by atoms with van der Waals surface area (Å²) in [4.78, 5) is 26.2. The Hall–Kier alpha value is -2.10. The third-order valence-electron chi connectivity index (χ3n) is 1.87. The summed E-state index contributed by atoms with van der Waals surface area (Å²) in [6.45, 7) is 4.83.